The lowest BCUT2D eigenvalue weighted by Crippen LogP contribution is -2.52. The Morgan fingerprint density at radius 3 is 2.12 bits per heavy atom. The Kier molecular flexibility index (Phi) is 11.4. The van der Waals surface area contributed by atoms with Gasteiger partial charge in [0.15, 0.2) is 0 Å². The van der Waals surface area contributed by atoms with Crippen LogP contribution in [0.3, 0.4) is 0 Å². The number of nitrogens with zero attached hydrogens (tertiary/aromatic N) is 2. The molecule has 0 bridgehead atoms. The van der Waals surface area contributed by atoms with Crippen molar-refractivity contribution in [1.29, 1.82) is 0 Å². The van der Waals surface area contributed by atoms with E-state index < -0.39 is 28.5 Å². The van der Waals surface area contributed by atoms with Gasteiger partial charge in [-0.3, -0.25) is 13.9 Å². The Morgan fingerprint density at radius 2 is 1.54 bits per heavy atom. The number of aryl methyl sites for hydroxylation is 3. The minimum absolute atomic E-state index is 0.0590. The number of nitrogens with one attached hydrogen (secondary N) is 1. The Morgan fingerprint density at radius 1 is 0.902 bits per heavy atom. The number of halogens is 1. The van der Waals surface area contributed by atoms with E-state index in [1.54, 1.807) is 54.6 Å². The molecule has 1 atom stereocenters. The van der Waals surface area contributed by atoms with Gasteiger partial charge in [-0.1, -0.05) is 73.8 Å². The molecule has 9 heteroatoms. The molecule has 0 aliphatic heterocycles. The molecule has 0 saturated heterocycles. The molecule has 3 rings (SSSR count). The van der Waals surface area contributed by atoms with Crippen molar-refractivity contribution in [2.75, 3.05) is 17.4 Å². The molecule has 0 fully saturated rings. The molecule has 0 radical (unpaired) electrons. The molecule has 1 N–H and O–H groups in total. The topological polar surface area (TPSA) is 86.8 Å². The van der Waals surface area contributed by atoms with Crippen LogP contribution in [0.25, 0.3) is 0 Å². The van der Waals surface area contributed by atoms with Gasteiger partial charge >= 0.3 is 0 Å². The number of benzene rings is 3. The highest BCUT2D eigenvalue weighted by atomic mass is 35.5. The van der Waals surface area contributed by atoms with E-state index in [-0.39, 0.29) is 17.3 Å². The molecule has 3 aromatic carbocycles. The van der Waals surface area contributed by atoms with Crippen LogP contribution < -0.4 is 9.62 Å². The van der Waals surface area contributed by atoms with Crippen molar-refractivity contribution in [1.82, 2.24) is 10.2 Å². The van der Waals surface area contributed by atoms with E-state index >= 15 is 0 Å². The van der Waals surface area contributed by atoms with Crippen molar-refractivity contribution in [3.05, 3.63) is 94.0 Å². The quantitative estimate of drug-likeness (QED) is 0.238. The fourth-order valence-corrected chi connectivity index (χ4v) is 6.29. The highest BCUT2D eigenvalue weighted by Crippen LogP contribution is 2.27. The molecule has 220 valence electrons. The molecular weight excluding hydrogens is 558 g/mol. The summed E-state index contributed by atoms with van der Waals surface area (Å²) in [6.07, 6.45) is 2.08. The standard InChI is InChI=1S/C32H40ClN3O4S/c1-6-8-17-34-32(38)30(7-2)35(21-26-11-9-10-12-29(26)33)31(37)22-36(27-19-24(4)18-25(5)20-27)41(39,40)28-15-13-23(3)14-16-28/h9-16,18-20,30H,6-8,17,21-22H2,1-5H3,(H,34,38)/t30-/m0/s1. The number of rotatable bonds is 13. The van der Waals surface area contributed by atoms with Crippen molar-refractivity contribution in [2.24, 2.45) is 0 Å². The lowest BCUT2D eigenvalue weighted by atomic mass is 10.1. The number of carbonyl (C=O) groups is 2. The maximum atomic E-state index is 14.2. The molecule has 41 heavy (non-hydrogen) atoms. The van der Waals surface area contributed by atoms with Crippen molar-refractivity contribution >= 4 is 39.1 Å². The van der Waals surface area contributed by atoms with Crippen LogP contribution in [0.15, 0.2) is 71.6 Å². The van der Waals surface area contributed by atoms with Crippen molar-refractivity contribution in [3.63, 3.8) is 0 Å². The number of hydrogen-bond donors (Lipinski definition) is 1. The molecule has 0 spiro atoms. The van der Waals surface area contributed by atoms with E-state index in [1.165, 1.54) is 4.90 Å². The van der Waals surface area contributed by atoms with Gasteiger partial charge in [-0.2, -0.15) is 0 Å². The van der Waals surface area contributed by atoms with Gasteiger partial charge in [-0.25, -0.2) is 8.42 Å². The second-order valence-corrected chi connectivity index (χ2v) is 12.6. The van der Waals surface area contributed by atoms with Crippen LogP contribution in [-0.2, 0) is 26.2 Å². The smallest absolute Gasteiger partial charge is 0.264 e. The van der Waals surface area contributed by atoms with Gasteiger partial charge in [-0.15, -0.1) is 0 Å². The van der Waals surface area contributed by atoms with Crippen molar-refractivity contribution in [2.45, 2.75) is 71.4 Å². The zero-order valence-electron chi connectivity index (χ0n) is 24.5. The monoisotopic (exact) mass is 597 g/mol. The predicted molar refractivity (Wildman–Crippen MR) is 166 cm³/mol. The maximum absolute atomic E-state index is 14.2. The summed E-state index contributed by atoms with van der Waals surface area (Å²) in [6, 6.07) is 18.3. The average Bonchev–Trinajstić information content (AvgIpc) is 2.92. The molecule has 0 heterocycles. The molecule has 0 aliphatic rings. The first-order chi connectivity index (χ1) is 19.5. The average molecular weight is 598 g/mol. The Bertz CT molecular complexity index is 1440. The summed E-state index contributed by atoms with van der Waals surface area (Å²) in [6.45, 7) is 9.58. The zero-order valence-corrected chi connectivity index (χ0v) is 26.1. The van der Waals surface area contributed by atoms with E-state index in [0.29, 0.717) is 29.2 Å². The number of unbranched alkanes of at least 4 members (excludes halogenated alkanes) is 1. The Balaban J connectivity index is 2.08. The van der Waals surface area contributed by atoms with E-state index in [0.717, 1.165) is 33.8 Å². The summed E-state index contributed by atoms with van der Waals surface area (Å²) < 4.78 is 29.2. The van der Waals surface area contributed by atoms with E-state index in [1.807, 2.05) is 46.8 Å². The van der Waals surface area contributed by atoms with Crippen LogP contribution in [0.1, 0.15) is 55.4 Å². The third-order valence-corrected chi connectivity index (χ3v) is 9.05. The molecule has 2 amide bonds. The first-order valence-electron chi connectivity index (χ1n) is 14.0. The van der Waals surface area contributed by atoms with E-state index in [4.69, 9.17) is 11.6 Å². The largest absolute Gasteiger partial charge is 0.354 e. The van der Waals surface area contributed by atoms with E-state index in [2.05, 4.69) is 5.32 Å². The van der Waals surface area contributed by atoms with Gasteiger partial charge in [0.2, 0.25) is 11.8 Å². The lowest BCUT2D eigenvalue weighted by Gasteiger charge is -2.33. The summed E-state index contributed by atoms with van der Waals surface area (Å²) in [5, 5.41) is 3.40. The van der Waals surface area contributed by atoms with E-state index in [9.17, 15) is 18.0 Å². The van der Waals surface area contributed by atoms with Crippen LogP contribution in [0.5, 0.6) is 0 Å². The number of anilines is 1. The normalized spacial score (nSPS) is 12.0. The summed E-state index contributed by atoms with van der Waals surface area (Å²) in [7, 11) is -4.13. The summed E-state index contributed by atoms with van der Waals surface area (Å²) >= 11 is 6.46. The second-order valence-electron chi connectivity index (χ2n) is 10.4. The van der Waals surface area contributed by atoms with Gasteiger partial charge in [-0.05, 0) is 80.6 Å². The third kappa shape index (κ3) is 8.33. The van der Waals surface area contributed by atoms with Gasteiger partial charge < -0.3 is 10.2 Å². The molecule has 0 aromatic heterocycles. The molecule has 3 aromatic rings. The maximum Gasteiger partial charge on any atom is 0.264 e. The fourth-order valence-electron chi connectivity index (χ4n) is 4.70. The molecule has 0 aliphatic carbocycles. The minimum atomic E-state index is -4.13. The summed E-state index contributed by atoms with van der Waals surface area (Å²) in [4.78, 5) is 29.0. The van der Waals surface area contributed by atoms with Crippen LogP contribution in [-0.4, -0.2) is 44.3 Å². The fraction of sp³-hybridized carbons (Fsp3) is 0.375. The molecule has 7 nitrogen and oxygen atoms in total. The van der Waals surface area contributed by atoms with Crippen LogP contribution >= 0.6 is 11.6 Å². The first-order valence-corrected chi connectivity index (χ1v) is 15.8. The third-order valence-electron chi connectivity index (χ3n) is 6.90. The van der Waals surface area contributed by atoms with Crippen LogP contribution in [0, 0.1) is 20.8 Å². The van der Waals surface area contributed by atoms with Gasteiger partial charge in [0, 0.05) is 18.1 Å². The van der Waals surface area contributed by atoms with Crippen molar-refractivity contribution in [3.8, 4) is 0 Å². The van der Waals surface area contributed by atoms with Gasteiger partial charge in [0.05, 0.1) is 10.6 Å². The number of carbonyl (C=O) groups excluding carboxylic acids is 2. The Hall–Kier alpha value is -3.36. The van der Waals surface area contributed by atoms with Crippen molar-refractivity contribution < 1.29 is 18.0 Å². The summed E-state index contributed by atoms with van der Waals surface area (Å²) in [5.74, 6) is -0.780. The first kappa shape index (κ1) is 32.2. The highest BCUT2D eigenvalue weighted by molar-refractivity contribution is 7.92. The van der Waals surface area contributed by atoms with Crippen LogP contribution in [0.4, 0.5) is 5.69 Å². The molecule has 0 saturated carbocycles. The zero-order chi connectivity index (χ0) is 30.2. The Labute approximate surface area is 249 Å². The number of hydrogen-bond acceptors (Lipinski definition) is 4. The van der Waals surface area contributed by atoms with Gasteiger partial charge in [0.25, 0.3) is 10.0 Å². The van der Waals surface area contributed by atoms with Gasteiger partial charge in [0.1, 0.15) is 12.6 Å². The minimum Gasteiger partial charge on any atom is -0.354 e. The molecular formula is C32H40ClN3O4S. The number of amides is 2. The molecule has 0 unspecified atom stereocenters. The lowest BCUT2D eigenvalue weighted by molar-refractivity contribution is -0.140. The highest BCUT2D eigenvalue weighted by Gasteiger charge is 2.34. The van der Waals surface area contributed by atoms with Crippen LogP contribution in [0.2, 0.25) is 5.02 Å². The number of sulfonamides is 1. The second kappa shape index (κ2) is 14.5. The predicted octanol–water partition coefficient (Wildman–Crippen LogP) is 6.18. The SMILES string of the molecule is CCCCNC(=O)[C@H](CC)N(Cc1ccccc1Cl)C(=O)CN(c1cc(C)cc(C)c1)S(=O)(=O)c1ccc(C)cc1. The summed E-state index contributed by atoms with van der Waals surface area (Å²) in [5.41, 5.74) is 3.71.